The van der Waals surface area contributed by atoms with Crippen molar-refractivity contribution in [3.63, 3.8) is 0 Å². The molecule has 0 saturated carbocycles. The largest absolute Gasteiger partial charge is 0.394 e. The van der Waals surface area contributed by atoms with E-state index in [1.54, 1.807) is 0 Å². The normalized spacial score (nSPS) is 27.8. The van der Waals surface area contributed by atoms with E-state index in [1.807, 2.05) is 0 Å². The van der Waals surface area contributed by atoms with Gasteiger partial charge in [0.1, 0.15) is 73.2 Å². The highest BCUT2D eigenvalue weighted by atomic mass is 16.8. The third kappa shape index (κ3) is 36.3. The SMILES string of the molecule is CCCCCCCCCCCCCCCCCCCCCCCCCCCC(O)C(COC1OC(CO)C(OC2OC(CO)C(OC3OC(CO)C(O)C(O)C3O)C(O)C2O)C(O)C1O)NC(=O)CCCCCCCCCCCCCCCCCCCCCCC. The van der Waals surface area contributed by atoms with Crippen LogP contribution in [0.15, 0.2) is 0 Å². The molecule has 19 nitrogen and oxygen atoms in total. The number of nitrogens with one attached hydrogen (secondary N) is 1. The van der Waals surface area contributed by atoms with Gasteiger partial charge in [0, 0.05) is 6.42 Å². The van der Waals surface area contributed by atoms with E-state index in [1.165, 1.54) is 244 Å². The maximum Gasteiger partial charge on any atom is 0.220 e. The van der Waals surface area contributed by atoms with Gasteiger partial charge in [-0.1, -0.05) is 303 Å². The molecule has 0 spiro atoms. The molecule has 0 radical (unpaired) electrons. The Morgan fingerprint density at radius 2 is 0.626 bits per heavy atom. The first-order valence-electron chi connectivity index (χ1n) is 37.8. The summed E-state index contributed by atoms with van der Waals surface area (Å²) in [5.74, 6) is -0.234. The lowest BCUT2D eigenvalue weighted by Crippen LogP contribution is -2.66. The fourth-order valence-corrected chi connectivity index (χ4v) is 13.3. The zero-order valence-corrected chi connectivity index (χ0v) is 57.4. The fraction of sp³-hybridized carbons (Fsp3) is 0.986. The first kappa shape index (κ1) is 84.0. The maximum absolute atomic E-state index is 13.5. The number of amides is 1. The van der Waals surface area contributed by atoms with Crippen molar-refractivity contribution < 1.29 is 89.4 Å². The van der Waals surface area contributed by atoms with Gasteiger partial charge >= 0.3 is 0 Å². The Morgan fingerprint density at radius 3 is 0.956 bits per heavy atom. The molecule has 3 rings (SSSR count). The Hall–Kier alpha value is -1.21. The van der Waals surface area contributed by atoms with E-state index in [0.717, 1.165) is 44.9 Å². The molecule has 1 amide bonds. The summed E-state index contributed by atoms with van der Waals surface area (Å²) >= 11 is 0. The predicted molar refractivity (Wildman–Crippen MR) is 356 cm³/mol. The van der Waals surface area contributed by atoms with E-state index in [-0.39, 0.29) is 18.9 Å². The van der Waals surface area contributed by atoms with E-state index in [2.05, 4.69) is 19.2 Å². The van der Waals surface area contributed by atoms with E-state index in [0.29, 0.717) is 12.8 Å². The summed E-state index contributed by atoms with van der Waals surface area (Å²) in [6, 6.07) is -0.882. The molecule has 17 atom stereocenters. The van der Waals surface area contributed by atoms with Crippen LogP contribution in [-0.2, 0) is 33.2 Å². The van der Waals surface area contributed by atoms with Crippen molar-refractivity contribution in [3.05, 3.63) is 0 Å². The lowest BCUT2D eigenvalue weighted by molar-refractivity contribution is -0.379. The average Bonchev–Trinajstić information content (AvgIpc) is 0.885. The van der Waals surface area contributed by atoms with Crippen LogP contribution in [0.25, 0.3) is 0 Å². The molecule has 0 aromatic heterocycles. The number of hydrogen-bond acceptors (Lipinski definition) is 18. The first-order chi connectivity index (χ1) is 44.3. The molecule has 17 unspecified atom stereocenters. The summed E-state index contributed by atoms with van der Waals surface area (Å²) < 4.78 is 34.5. The third-order valence-corrected chi connectivity index (χ3v) is 19.4. The molecule has 91 heavy (non-hydrogen) atoms. The Morgan fingerprint density at radius 1 is 0.352 bits per heavy atom. The number of unbranched alkanes of at least 4 members (excludes halogenated alkanes) is 44. The van der Waals surface area contributed by atoms with Crippen LogP contribution < -0.4 is 5.32 Å². The van der Waals surface area contributed by atoms with Gasteiger partial charge in [-0.05, 0) is 12.8 Å². The molecule has 3 saturated heterocycles. The summed E-state index contributed by atoms with van der Waals surface area (Å²) in [6.07, 6.45) is 33.2. The van der Waals surface area contributed by atoms with Crippen molar-refractivity contribution in [3.8, 4) is 0 Å². The van der Waals surface area contributed by atoms with E-state index in [9.17, 15) is 61.0 Å². The van der Waals surface area contributed by atoms with Gasteiger partial charge in [0.15, 0.2) is 18.9 Å². The highest BCUT2D eigenvalue weighted by molar-refractivity contribution is 5.76. The zero-order valence-electron chi connectivity index (χ0n) is 57.4. The van der Waals surface area contributed by atoms with E-state index >= 15 is 0 Å². The Labute approximate surface area is 551 Å². The lowest BCUT2D eigenvalue weighted by atomic mass is 9.96. The molecule has 0 aromatic rings. The topological polar surface area (TPSA) is 307 Å². The van der Waals surface area contributed by atoms with E-state index < -0.39 is 124 Å². The summed E-state index contributed by atoms with van der Waals surface area (Å²) in [7, 11) is 0. The Bertz CT molecular complexity index is 1650. The second-order valence-corrected chi connectivity index (χ2v) is 27.5. The summed E-state index contributed by atoms with van der Waals surface area (Å²) in [4.78, 5) is 13.5. The van der Waals surface area contributed by atoms with Crippen LogP contribution in [0.1, 0.15) is 322 Å². The number of aliphatic hydroxyl groups is 11. The number of ether oxygens (including phenoxy) is 6. The zero-order chi connectivity index (χ0) is 66.1. The summed E-state index contributed by atoms with van der Waals surface area (Å²) in [5, 5.41) is 121. The molecule has 3 aliphatic heterocycles. The van der Waals surface area contributed by atoms with Crippen molar-refractivity contribution in [2.45, 2.75) is 426 Å². The van der Waals surface area contributed by atoms with Gasteiger partial charge in [-0.3, -0.25) is 4.79 Å². The molecule has 0 aromatic carbocycles. The van der Waals surface area contributed by atoms with Gasteiger partial charge in [-0.2, -0.15) is 0 Å². The highest BCUT2D eigenvalue weighted by Gasteiger charge is 2.53. The van der Waals surface area contributed by atoms with E-state index in [4.69, 9.17) is 28.4 Å². The molecule has 12 N–H and O–H groups in total. The quantitative estimate of drug-likeness (QED) is 0.0252. The average molecular weight is 1310 g/mol. The molecule has 540 valence electrons. The monoisotopic (exact) mass is 1310 g/mol. The van der Waals surface area contributed by atoms with Crippen LogP contribution in [-0.4, -0.2) is 193 Å². The first-order valence-corrected chi connectivity index (χ1v) is 37.8. The van der Waals surface area contributed by atoms with Gasteiger partial charge in [0.05, 0.1) is 38.6 Å². The minimum atomic E-state index is -1.97. The van der Waals surface area contributed by atoms with Crippen molar-refractivity contribution in [1.82, 2.24) is 5.32 Å². The number of aliphatic hydroxyl groups excluding tert-OH is 11. The number of rotatable bonds is 60. The number of hydrogen-bond donors (Lipinski definition) is 12. The van der Waals surface area contributed by atoms with Gasteiger partial charge in [0.25, 0.3) is 0 Å². The Kier molecular flexibility index (Phi) is 50.6. The van der Waals surface area contributed by atoms with Crippen LogP contribution in [0, 0.1) is 0 Å². The molecule has 0 aliphatic carbocycles. The number of carbonyl (C=O) groups is 1. The van der Waals surface area contributed by atoms with Crippen LogP contribution in [0.5, 0.6) is 0 Å². The molecule has 3 fully saturated rings. The minimum Gasteiger partial charge on any atom is -0.394 e. The van der Waals surface area contributed by atoms with Gasteiger partial charge in [0.2, 0.25) is 5.91 Å². The van der Waals surface area contributed by atoms with Crippen molar-refractivity contribution in [2.24, 2.45) is 0 Å². The standard InChI is InChI=1S/C72H139NO18/c1-3-5-7-9-11-13-15-17-19-21-23-25-26-27-28-30-31-33-35-37-39-41-43-45-47-49-56(77)55(73-60(78)50-48-46-44-42-40-38-36-34-32-29-24-22-20-18-16-14-12-10-8-6-4-2)54-86-70-66(84)63(81)68(58(52-75)88-70)91-72-67(85)64(82)69(59(53-76)89-72)90-71-65(83)62(80)61(79)57(51-74)87-71/h55-59,61-72,74-77,79-85H,3-54H2,1-2H3,(H,73,78). The second kappa shape index (κ2) is 54.8. The molecule has 3 aliphatic rings. The van der Waals surface area contributed by atoms with Crippen LogP contribution in [0.2, 0.25) is 0 Å². The Balaban J connectivity index is 1.40. The minimum absolute atomic E-state index is 0.234. The molecular weight excluding hydrogens is 1170 g/mol. The highest BCUT2D eigenvalue weighted by Crippen LogP contribution is 2.33. The smallest absolute Gasteiger partial charge is 0.220 e. The molecular formula is C72H139NO18. The molecule has 3 heterocycles. The maximum atomic E-state index is 13.5. The van der Waals surface area contributed by atoms with Gasteiger partial charge in [-0.25, -0.2) is 0 Å². The summed E-state index contributed by atoms with van der Waals surface area (Å²) in [6.45, 7) is 1.86. The van der Waals surface area contributed by atoms with Gasteiger partial charge in [-0.15, -0.1) is 0 Å². The van der Waals surface area contributed by atoms with Crippen molar-refractivity contribution in [2.75, 3.05) is 26.4 Å². The fourth-order valence-electron chi connectivity index (χ4n) is 13.3. The van der Waals surface area contributed by atoms with Crippen LogP contribution >= 0.6 is 0 Å². The lowest BCUT2D eigenvalue weighted by Gasteiger charge is -2.48. The molecule has 0 bridgehead atoms. The summed E-state index contributed by atoms with van der Waals surface area (Å²) in [5.41, 5.74) is 0. The predicted octanol–water partition coefficient (Wildman–Crippen LogP) is 11.1. The van der Waals surface area contributed by atoms with Crippen molar-refractivity contribution in [1.29, 1.82) is 0 Å². The molecule has 19 heteroatoms. The third-order valence-electron chi connectivity index (χ3n) is 19.4. The number of carbonyl (C=O) groups excluding carboxylic acids is 1. The van der Waals surface area contributed by atoms with Crippen LogP contribution in [0.3, 0.4) is 0 Å². The van der Waals surface area contributed by atoms with Gasteiger partial charge < -0.3 is 89.9 Å². The second-order valence-electron chi connectivity index (χ2n) is 27.5. The van der Waals surface area contributed by atoms with Crippen molar-refractivity contribution >= 4 is 5.91 Å². The van der Waals surface area contributed by atoms with Crippen LogP contribution in [0.4, 0.5) is 0 Å².